The fraction of sp³-hybridized carbons (Fsp3) is 0.400. The number of carbonyl (C=O) groups is 1. The lowest BCUT2D eigenvalue weighted by atomic mass is 9.94. The zero-order chi connectivity index (χ0) is 33.9. The Bertz CT molecular complexity index is 2070. The fourth-order valence-electron chi connectivity index (χ4n) is 8.01. The number of likely N-dealkylation sites (N-methyl/N-ethyl adjacent to an activating group) is 1. The van der Waals surface area contributed by atoms with Gasteiger partial charge in [-0.2, -0.15) is 15.2 Å². The van der Waals surface area contributed by atoms with E-state index in [1.165, 1.54) is 12.1 Å². The first-order valence-corrected chi connectivity index (χ1v) is 16.7. The number of aromatic nitrogens is 2. The zero-order valence-electron chi connectivity index (χ0n) is 26.7. The Morgan fingerprint density at radius 3 is 2.88 bits per heavy atom. The van der Waals surface area contributed by atoms with E-state index in [4.69, 9.17) is 27.0 Å². The van der Waals surface area contributed by atoms with Crippen molar-refractivity contribution in [3.63, 3.8) is 0 Å². The molecule has 2 aromatic carbocycles. The maximum absolute atomic E-state index is 14.9. The molecule has 0 spiro atoms. The summed E-state index contributed by atoms with van der Waals surface area (Å²) in [7, 11) is 1.90. The van der Waals surface area contributed by atoms with Crippen LogP contribution in [0.25, 0.3) is 37.0 Å². The van der Waals surface area contributed by atoms with Crippen LogP contribution in [0.4, 0.5) is 25.3 Å². The summed E-state index contributed by atoms with van der Waals surface area (Å²) in [6, 6.07) is 8.55. The fourth-order valence-corrected chi connectivity index (χ4v) is 8.95. The van der Waals surface area contributed by atoms with Crippen molar-refractivity contribution in [3.8, 4) is 23.2 Å². The molecule has 4 aromatic rings. The molecule has 0 saturated carbocycles. The van der Waals surface area contributed by atoms with Gasteiger partial charge in [-0.05, 0) is 56.5 Å². The van der Waals surface area contributed by atoms with E-state index in [2.05, 4.69) is 22.4 Å². The lowest BCUT2D eigenvalue weighted by molar-refractivity contribution is -0.126. The molecule has 3 aliphatic heterocycles. The van der Waals surface area contributed by atoms with Crippen LogP contribution in [-0.4, -0.2) is 82.8 Å². The summed E-state index contributed by atoms with van der Waals surface area (Å²) >= 11 is 0.997. The summed E-state index contributed by atoms with van der Waals surface area (Å²) in [5, 5.41) is 11.8. The van der Waals surface area contributed by atoms with E-state index in [1.807, 2.05) is 24.9 Å². The molecule has 2 N–H and O–H groups in total. The van der Waals surface area contributed by atoms with Gasteiger partial charge in [0.1, 0.15) is 30.5 Å². The van der Waals surface area contributed by atoms with Crippen molar-refractivity contribution in [2.45, 2.75) is 56.4 Å². The second kappa shape index (κ2) is 12.0. The van der Waals surface area contributed by atoms with Crippen LogP contribution in [0.5, 0.6) is 6.01 Å². The number of nitrogens with zero attached hydrogens (tertiary/aromatic N) is 7. The molecule has 3 fully saturated rings. The largest absolute Gasteiger partial charge is 0.461 e. The van der Waals surface area contributed by atoms with Gasteiger partial charge in [0.15, 0.2) is 0 Å². The van der Waals surface area contributed by atoms with E-state index < -0.39 is 17.5 Å². The zero-order valence-corrected chi connectivity index (χ0v) is 27.5. The van der Waals surface area contributed by atoms with Crippen molar-refractivity contribution in [3.05, 3.63) is 59.7 Å². The smallest absolute Gasteiger partial charge is 0.319 e. The Morgan fingerprint density at radius 2 is 2.12 bits per heavy atom. The standard InChI is InChI=1S/C35H34F2N8O2S/c1-5-27(46)45-14-11-26(19(45)2)43(4)33-23-8-7-21(22-9-10-25(37)31-28(22)30(40-3)32(39)48-31)24(16-38)29(23)41-34(42-33)47-18-35-12-6-13-44(35)17-20(36)15-35/h5,7-10,19-20,26H,1,6,11-15,17-18,39H2,2,4H3/t19-,20-,26?,35+/m1/s1. The van der Waals surface area contributed by atoms with Gasteiger partial charge >= 0.3 is 6.01 Å². The Hall–Kier alpha value is -4.85. The number of hydrogen-bond acceptors (Lipinski definition) is 9. The molecule has 10 nitrogen and oxygen atoms in total. The summed E-state index contributed by atoms with van der Waals surface area (Å²) in [5.74, 6) is -0.129. The number of thiophene rings is 1. The van der Waals surface area contributed by atoms with Crippen LogP contribution < -0.4 is 15.4 Å². The van der Waals surface area contributed by atoms with Crippen LogP contribution >= 0.6 is 11.3 Å². The average Bonchev–Trinajstić information content (AvgIpc) is 3.83. The Balaban J connectivity index is 1.38. The number of nitrogen functional groups attached to an aromatic ring is 1. The minimum absolute atomic E-state index is 0.0529. The summed E-state index contributed by atoms with van der Waals surface area (Å²) in [5.41, 5.74) is 7.30. The molecule has 2 aromatic heterocycles. The van der Waals surface area contributed by atoms with Gasteiger partial charge in [-0.25, -0.2) is 13.6 Å². The van der Waals surface area contributed by atoms with Crippen molar-refractivity contribution in [2.24, 2.45) is 0 Å². The van der Waals surface area contributed by atoms with Crippen LogP contribution in [0.3, 0.4) is 0 Å². The predicted octanol–water partition coefficient (Wildman–Crippen LogP) is 6.22. The molecule has 48 heavy (non-hydrogen) atoms. The van der Waals surface area contributed by atoms with Crippen LogP contribution in [0.2, 0.25) is 0 Å². The highest BCUT2D eigenvalue weighted by Crippen LogP contribution is 2.48. The van der Waals surface area contributed by atoms with Gasteiger partial charge in [0.05, 0.1) is 38.9 Å². The first-order valence-electron chi connectivity index (χ1n) is 15.9. The van der Waals surface area contributed by atoms with Gasteiger partial charge in [0.2, 0.25) is 11.6 Å². The first kappa shape index (κ1) is 31.7. The van der Waals surface area contributed by atoms with Crippen molar-refractivity contribution >= 4 is 54.7 Å². The first-order chi connectivity index (χ1) is 23.1. The molecular weight excluding hydrogens is 635 g/mol. The molecule has 246 valence electrons. The third-order valence-electron chi connectivity index (χ3n) is 10.4. The molecule has 5 heterocycles. The van der Waals surface area contributed by atoms with Crippen LogP contribution in [0.15, 0.2) is 36.9 Å². The average molecular weight is 669 g/mol. The molecule has 0 bridgehead atoms. The summed E-state index contributed by atoms with van der Waals surface area (Å²) < 4.78 is 36.1. The molecule has 0 radical (unpaired) electrons. The number of hydrogen-bond donors (Lipinski definition) is 1. The Kier molecular flexibility index (Phi) is 7.93. The number of ether oxygens (including phenoxy) is 1. The number of likely N-dealkylation sites (tertiary alicyclic amines) is 1. The quantitative estimate of drug-likeness (QED) is 0.182. The second-order valence-electron chi connectivity index (χ2n) is 12.9. The minimum atomic E-state index is -0.926. The van der Waals surface area contributed by atoms with Crippen LogP contribution in [-0.2, 0) is 4.79 Å². The van der Waals surface area contributed by atoms with Crippen molar-refractivity contribution in [1.82, 2.24) is 19.8 Å². The van der Waals surface area contributed by atoms with E-state index in [9.17, 15) is 18.8 Å². The number of carbonyl (C=O) groups excluding carboxylic acids is 1. The normalized spacial score (nSPS) is 23.7. The molecule has 13 heteroatoms. The van der Waals surface area contributed by atoms with E-state index in [0.29, 0.717) is 59.2 Å². The van der Waals surface area contributed by atoms with Gasteiger partial charge in [-0.15, -0.1) is 11.3 Å². The number of anilines is 2. The van der Waals surface area contributed by atoms with E-state index >= 15 is 0 Å². The van der Waals surface area contributed by atoms with Crippen molar-refractivity contribution in [2.75, 3.05) is 43.9 Å². The second-order valence-corrected chi connectivity index (χ2v) is 13.9. The molecule has 0 aliphatic carbocycles. The Morgan fingerprint density at radius 1 is 1.33 bits per heavy atom. The van der Waals surface area contributed by atoms with E-state index in [-0.39, 0.29) is 51.6 Å². The summed E-state index contributed by atoms with van der Waals surface area (Å²) in [6.07, 6.45) is 3.21. The molecule has 3 saturated heterocycles. The van der Waals surface area contributed by atoms with Crippen molar-refractivity contribution < 1.29 is 18.3 Å². The minimum Gasteiger partial charge on any atom is -0.461 e. The highest BCUT2D eigenvalue weighted by molar-refractivity contribution is 7.23. The van der Waals surface area contributed by atoms with Crippen LogP contribution in [0.1, 0.15) is 38.2 Å². The highest BCUT2D eigenvalue weighted by atomic mass is 32.1. The number of rotatable bonds is 7. The number of amides is 1. The third-order valence-corrected chi connectivity index (χ3v) is 11.4. The molecule has 7 rings (SSSR count). The third kappa shape index (κ3) is 4.92. The molecule has 3 aliphatic rings. The summed E-state index contributed by atoms with van der Waals surface area (Å²) in [6.45, 7) is 15.3. The van der Waals surface area contributed by atoms with E-state index in [0.717, 1.165) is 30.7 Å². The highest BCUT2D eigenvalue weighted by Gasteiger charge is 2.49. The molecule has 4 atom stereocenters. The number of nitriles is 1. The maximum atomic E-state index is 14.9. The van der Waals surface area contributed by atoms with Gasteiger partial charge in [0, 0.05) is 48.9 Å². The number of fused-ring (bicyclic) bond motifs is 3. The SMILES string of the molecule is [C-]#[N+]c1c(N)sc2c(F)ccc(-c3ccc4c(N(C)C5CCN(C(=O)C=C)[C@@H]5C)nc(OC[C@@]56CCCN5C[C@H](F)C6)nc4c3C#N)c12. The lowest BCUT2D eigenvalue weighted by Crippen LogP contribution is -2.44. The topological polar surface area (TPSA) is 116 Å². The molecule has 1 amide bonds. The molecular formula is C35H34F2N8O2S. The van der Waals surface area contributed by atoms with Crippen molar-refractivity contribution in [1.29, 1.82) is 5.26 Å². The number of halogens is 2. The van der Waals surface area contributed by atoms with Gasteiger partial charge < -0.3 is 20.3 Å². The Labute approximate surface area is 280 Å². The van der Waals surface area contributed by atoms with Gasteiger partial charge in [-0.1, -0.05) is 18.7 Å². The van der Waals surface area contributed by atoms with Gasteiger partial charge in [-0.3, -0.25) is 9.69 Å². The molecule has 1 unspecified atom stereocenters. The number of alkyl halides is 1. The lowest BCUT2D eigenvalue weighted by Gasteiger charge is -2.33. The monoisotopic (exact) mass is 668 g/mol. The number of benzene rings is 2. The predicted molar refractivity (Wildman–Crippen MR) is 182 cm³/mol. The maximum Gasteiger partial charge on any atom is 0.319 e. The van der Waals surface area contributed by atoms with Crippen LogP contribution in [0, 0.1) is 23.7 Å². The number of nitrogens with two attached hydrogens (primary N) is 1. The summed E-state index contributed by atoms with van der Waals surface area (Å²) in [4.78, 5) is 31.7. The van der Waals surface area contributed by atoms with Gasteiger partial charge in [0.25, 0.3) is 0 Å². The van der Waals surface area contributed by atoms with E-state index in [1.54, 1.807) is 17.0 Å².